The molecule has 0 N–H and O–H groups in total. The summed E-state index contributed by atoms with van der Waals surface area (Å²) >= 11 is 0. The predicted molar refractivity (Wildman–Crippen MR) is 124 cm³/mol. The third-order valence-corrected chi connectivity index (χ3v) is 8.65. The predicted octanol–water partition coefficient (Wildman–Crippen LogP) is 0.0453. The monoisotopic (exact) mass is 492 g/mol. The number of hydrogen-bond donors (Lipinski definition) is 0. The molecule has 3 heterocycles. The van der Waals surface area contributed by atoms with Crippen LogP contribution in [0.4, 0.5) is 0 Å². The van der Waals surface area contributed by atoms with Gasteiger partial charge in [0.05, 0.1) is 11.4 Å². The van der Waals surface area contributed by atoms with Crippen LogP contribution < -0.4 is 0 Å². The van der Waals surface area contributed by atoms with Crippen molar-refractivity contribution in [2.75, 3.05) is 65.5 Å². The third kappa shape index (κ3) is 5.48. The molecule has 1 aromatic rings. The first-order valence-corrected chi connectivity index (χ1v) is 13.2. The van der Waals surface area contributed by atoms with Crippen LogP contribution >= 0.6 is 0 Å². The minimum Gasteiger partial charge on any atom is -0.368 e. The summed E-state index contributed by atoms with van der Waals surface area (Å²) in [6.45, 7) is 5.91. The number of benzene rings is 1. The molecule has 3 aliphatic heterocycles. The lowest BCUT2D eigenvalue weighted by atomic mass is 10.2. The van der Waals surface area contributed by atoms with Gasteiger partial charge in [0.15, 0.2) is 5.78 Å². The van der Waals surface area contributed by atoms with E-state index in [-0.39, 0.29) is 48.2 Å². The minimum absolute atomic E-state index is 0.0261. The average Bonchev–Trinajstić information content (AvgIpc) is 3.39. The lowest BCUT2D eigenvalue weighted by Gasteiger charge is -2.38. The summed E-state index contributed by atoms with van der Waals surface area (Å²) in [5, 5.41) is 0. The van der Waals surface area contributed by atoms with E-state index >= 15 is 0 Å². The number of nitrogens with zero attached hydrogens (tertiary/aromatic N) is 4. The van der Waals surface area contributed by atoms with E-state index in [1.54, 1.807) is 4.90 Å². The number of sulfonamides is 1. The van der Waals surface area contributed by atoms with Gasteiger partial charge in [-0.3, -0.25) is 19.3 Å². The van der Waals surface area contributed by atoms with Crippen molar-refractivity contribution < 1.29 is 27.5 Å². The first-order valence-electron chi connectivity index (χ1n) is 11.8. The van der Waals surface area contributed by atoms with E-state index in [0.717, 1.165) is 12.8 Å². The number of rotatable bonds is 6. The van der Waals surface area contributed by atoms with Crippen molar-refractivity contribution in [1.82, 2.24) is 19.0 Å². The van der Waals surface area contributed by atoms with Crippen LogP contribution in [0.2, 0.25) is 0 Å². The number of carbonyl (C=O) groups excluding carboxylic acids is 3. The molecule has 2 amide bonds. The molecule has 3 fully saturated rings. The number of amides is 2. The van der Waals surface area contributed by atoms with Crippen LogP contribution in [0.5, 0.6) is 0 Å². The lowest BCUT2D eigenvalue weighted by Crippen LogP contribution is -2.55. The Labute approximate surface area is 200 Å². The Morgan fingerprint density at radius 2 is 1.53 bits per heavy atom. The van der Waals surface area contributed by atoms with Crippen molar-refractivity contribution in [1.29, 1.82) is 0 Å². The normalized spacial score (nSPS) is 22.7. The SMILES string of the molecule is CC(=O)c1ccc(S(=O)(=O)N2CCN(C(=O)CN3CCN(C(=O)C4CCCO4)CC3)CC2)cc1. The highest BCUT2D eigenvalue weighted by molar-refractivity contribution is 7.89. The zero-order valence-corrected chi connectivity index (χ0v) is 20.3. The van der Waals surface area contributed by atoms with Crippen molar-refractivity contribution in [3.63, 3.8) is 0 Å². The van der Waals surface area contributed by atoms with E-state index in [2.05, 4.69) is 0 Å². The second-order valence-corrected chi connectivity index (χ2v) is 10.9. The molecule has 0 radical (unpaired) electrons. The van der Waals surface area contributed by atoms with Crippen molar-refractivity contribution in [3.05, 3.63) is 29.8 Å². The van der Waals surface area contributed by atoms with Gasteiger partial charge in [0.2, 0.25) is 15.9 Å². The second-order valence-electron chi connectivity index (χ2n) is 8.97. The molecule has 34 heavy (non-hydrogen) atoms. The van der Waals surface area contributed by atoms with Gasteiger partial charge in [-0.05, 0) is 31.9 Å². The maximum absolute atomic E-state index is 12.9. The van der Waals surface area contributed by atoms with Crippen LogP contribution in [0, 0.1) is 0 Å². The van der Waals surface area contributed by atoms with Crippen molar-refractivity contribution >= 4 is 27.6 Å². The van der Waals surface area contributed by atoms with Crippen LogP contribution in [0.3, 0.4) is 0 Å². The van der Waals surface area contributed by atoms with Gasteiger partial charge >= 0.3 is 0 Å². The van der Waals surface area contributed by atoms with Crippen LogP contribution in [-0.2, 0) is 24.3 Å². The molecule has 186 valence electrons. The molecule has 0 aromatic heterocycles. The number of piperazine rings is 2. The van der Waals surface area contributed by atoms with Crippen molar-refractivity contribution in [3.8, 4) is 0 Å². The number of carbonyl (C=O) groups is 3. The first-order chi connectivity index (χ1) is 16.3. The first kappa shape index (κ1) is 24.8. The Bertz CT molecular complexity index is 1010. The standard InChI is InChI=1S/C23H32N4O6S/c1-18(28)19-4-6-20(7-5-19)34(31,32)27-14-12-25(13-15-27)22(29)17-24-8-10-26(11-9-24)23(30)21-3-2-16-33-21/h4-7,21H,2-3,8-17H2,1H3. The summed E-state index contributed by atoms with van der Waals surface area (Å²) in [5.41, 5.74) is 0.464. The summed E-state index contributed by atoms with van der Waals surface area (Å²) in [7, 11) is -3.68. The zero-order chi connectivity index (χ0) is 24.3. The summed E-state index contributed by atoms with van der Waals surface area (Å²) in [6.07, 6.45) is 1.39. The molecule has 0 saturated carbocycles. The quantitative estimate of drug-likeness (QED) is 0.516. The Balaban J connectivity index is 1.24. The van der Waals surface area contributed by atoms with E-state index in [4.69, 9.17) is 4.74 Å². The Hall–Kier alpha value is -2.34. The fourth-order valence-corrected chi connectivity index (χ4v) is 6.00. The van der Waals surface area contributed by atoms with Gasteiger partial charge < -0.3 is 14.5 Å². The number of ether oxygens (including phenoxy) is 1. The Morgan fingerprint density at radius 1 is 0.912 bits per heavy atom. The van der Waals surface area contributed by atoms with Gasteiger partial charge in [-0.1, -0.05) is 12.1 Å². The molecule has 11 heteroatoms. The van der Waals surface area contributed by atoms with Crippen LogP contribution in [-0.4, -0.2) is 117 Å². The maximum atomic E-state index is 12.9. The number of ketones is 1. The highest BCUT2D eigenvalue weighted by atomic mass is 32.2. The van der Waals surface area contributed by atoms with Gasteiger partial charge in [-0.2, -0.15) is 4.31 Å². The van der Waals surface area contributed by atoms with Gasteiger partial charge in [0.1, 0.15) is 6.10 Å². The molecule has 4 rings (SSSR count). The van der Waals surface area contributed by atoms with E-state index in [9.17, 15) is 22.8 Å². The van der Waals surface area contributed by atoms with Crippen LogP contribution in [0.1, 0.15) is 30.1 Å². The molecule has 1 atom stereocenters. The number of hydrogen-bond acceptors (Lipinski definition) is 7. The molecule has 0 spiro atoms. The number of Topliss-reactive ketones (excluding diaryl/α,β-unsaturated/α-hetero) is 1. The Morgan fingerprint density at radius 3 is 2.09 bits per heavy atom. The summed E-state index contributed by atoms with van der Waals surface area (Å²) < 4.78 is 32.7. The zero-order valence-electron chi connectivity index (χ0n) is 19.5. The fourth-order valence-electron chi connectivity index (χ4n) is 4.58. The highest BCUT2D eigenvalue weighted by Crippen LogP contribution is 2.19. The van der Waals surface area contributed by atoms with Crippen LogP contribution in [0.25, 0.3) is 0 Å². The van der Waals surface area contributed by atoms with E-state index in [0.29, 0.717) is 51.4 Å². The highest BCUT2D eigenvalue weighted by Gasteiger charge is 2.33. The lowest BCUT2D eigenvalue weighted by molar-refractivity contribution is -0.143. The minimum atomic E-state index is -3.68. The van der Waals surface area contributed by atoms with Gasteiger partial charge in [0.25, 0.3) is 5.91 Å². The smallest absolute Gasteiger partial charge is 0.251 e. The molecule has 3 aliphatic rings. The summed E-state index contributed by atoms with van der Waals surface area (Å²) in [5.74, 6) is -0.0922. The average molecular weight is 493 g/mol. The van der Waals surface area contributed by atoms with Crippen molar-refractivity contribution in [2.45, 2.75) is 30.8 Å². The topological polar surface area (TPSA) is 108 Å². The fraction of sp³-hybridized carbons (Fsp3) is 0.609. The molecule has 0 aliphatic carbocycles. The van der Waals surface area contributed by atoms with E-state index in [1.807, 2.05) is 9.80 Å². The maximum Gasteiger partial charge on any atom is 0.251 e. The van der Waals surface area contributed by atoms with E-state index < -0.39 is 10.0 Å². The molecule has 0 bridgehead atoms. The largest absolute Gasteiger partial charge is 0.368 e. The molecular weight excluding hydrogens is 460 g/mol. The third-order valence-electron chi connectivity index (χ3n) is 6.74. The molecule has 10 nitrogen and oxygen atoms in total. The molecule has 1 aromatic carbocycles. The second kappa shape index (κ2) is 10.5. The van der Waals surface area contributed by atoms with Gasteiger partial charge in [-0.15, -0.1) is 0 Å². The van der Waals surface area contributed by atoms with Crippen molar-refractivity contribution in [2.24, 2.45) is 0 Å². The molecular formula is C23H32N4O6S. The van der Waals surface area contributed by atoms with Gasteiger partial charge in [-0.25, -0.2) is 8.42 Å². The van der Waals surface area contributed by atoms with E-state index in [1.165, 1.54) is 35.5 Å². The molecule has 1 unspecified atom stereocenters. The molecule has 3 saturated heterocycles. The summed E-state index contributed by atoms with van der Waals surface area (Å²) in [6, 6.07) is 5.94. The van der Waals surface area contributed by atoms with Crippen LogP contribution in [0.15, 0.2) is 29.2 Å². The Kier molecular flexibility index (Phi) is 7.66. The summed E-state index contributed by atoms with van der Waals surface area (Å²) in [4.78, 5) is 42.4. The van der Waals surface area contributed by atoms with Gasteiger partial charge in [0, 0.05) is 64.5 Å².